The number of rotatable bonds is 5. The number of hydrogen-bond donors (Lipinski definition) is 2. The normalized spacial score (nSPS) is 32.9. The lowest BCUT2D eigenvalue weighted by Gasteiger charge is -2.38. The van der Waals surface area contributed by atoms with Gasteiger partial charge in [-0.1, -0.05) is 6.42 Å². The van der Waals surface area contributed by atoms with Gasteiger partial charge < -0.3 is 16.4 Å². The number of carbonyl (C=O) groups is 1. The zero-order valence-corrected chi connectivity index (χ0v) is 13.0. The molecule has 0 radical (unpaired) electrons. The monoisotopic (exact) mass is 282 g/mol. The molecule has 1 aliphatic carbocycles. The molecule has 5 heteroatoms. The molecule has 1 heterocycles. The molecule has 116 valence electrons. The lowest BCUT2D eigenvalue weighted by Crippen LogP contribution is -2.55. The van der Waals surface area contributed by atoms with E-state index in [-0.39, 0.29) is 11.8 Å². The number of piperazine rings is 1. The maximum atomic E-state index is 11.6. The first-order chi connectivity index (χ1) is 9.43. The average molecular weight is 282 g/mol. The quantitative estimate of drug-likeness (QED) is 0.764. The van der Waals surface area contributed by atoms with Crippen molar-refractivity contribution in [1.82, 2.24) is 9.80 Å². The summed E-state index contributed by atoms with van der Waals surface area (Å²) in [7, 11) is 0. The van der Waals surface area contributed by atoms with Crippen molar-refractivity contribution in [2.75, 3.05) is 32.7 Å². The SMILES string of the molecule is CC(C)N1CCN(CCC2CCCC2(N)C(N)=O)CC1. The van der Waals surface area contributed by atoms with Gasteiger partial charge in [-0.05, 0) is 45.6 Å². The molecule has 2 fully saturated rings. The molecule has 1 amide bonds. The van der Waals surface area contributed by atoms with E-state index in [1.807, 2.05) is 0 Å². The van der Waals surface area contributed by atoms with Crippen LogP contribution in [0, 0.1) is 5.92 Å². The highest BCUT2D eigenvalue weighted by Crippen LogP contribution is 2.36. The van der Waals surface area contributed by atoms with Crippen molar-refractivity contribution in [1.29, 1.82) is 0 Å². The van der Waals surface area contributed by atoms with Crippen LogP contribution in [0.25, 0.3) is 0 Å². The third-order valence-corrected chi connectivity index (χ3v) is 5.26. The number of nitrogens with zero attached hydrogens (tertiary/aromatic N) is 2. The van der Waals surface area contributed by atoms with Gasteiger partial charge in [0.2, 0.25) is 5.91 Å². The molecule has 2 unspecified atom stereocenters. The Morgan fingerprint density at radius 3 is 2.50 bits per heavy atom. The standard InChI is InChI=1S/C15H30N4O/c1-12(2)19-10-8-18(9-11-19)7-5-13-4-3-6-15(13,17)14(16)20/h12-13H,3-11,17H2,1-2H3,(H2,16,20). The van der Waals surface area contributed by atoms with Gasteiger partial charge >= 0.3 is 0 Å². The second-order valence-corrected chi connectivity index (χ2v) is 6.75. The molecule has 1 saturated carbocycles. The molecule has 2 aliphatic rings. The van der Waals surface area contributed by atoms with Crippen LogP contribution in [0.15, 0.2) is 0 Å². The first kappa shape index (κ1) is 15.7. The first-order valence-electron chi connectivity index (χ1n) is 7.98. The molecule has 0 aromatic rings. The molecule has 2 atom stereocenters. The minimum Gasteiger partial charge on any atom is -0.368 e. The maximum Gasteiger partial charge on any atom is 0.237 e. The van der Waals surface area contributed by atoms with E-state index < -0.39 is 5.54 Å². The minimum absolute atomic E-state index is 0.267. The van der Waals surface area contributed by atoms with Crippen molar-refractivity contribution in [3.05, 3.63) is 0 Å². The summed E-state index contributed by atoms with van der Waals surface area (Å²) in [5.74, 6) is -0.0484. The molecule has 20 heavy (non-hydrogen) atoms. The summed E-state index contributed by atoms with van der Waals surface area (Å²) < 4.78 is 0. The van der Waals surface area contributed by atoms with Crippen LogP contribution in [-0.4, -0.2) is 60.0 Å². The highest BCUT2D eigenvalue weighted by molar-refractivity contribution is 5.85. The van der Waals surface area contributed by atoms with Crippen LogP contribution in [0.5, 0.6) is 0 Å². The molecule has 4 N–H and O–H groups in total. The van der Waals surface area contributed by atoms with Gasteiger partial charge in [0.05, 0.1) is 5.54 Å². The Balaban J connectivity index is 1.77. The third-order valence-electron chi connectivity index (χ3n) is 5.26. The van der Waals surface area contributed by atoms with Crippen LogP contribution in [0.1, 0.15) is 39.5 Å². The number of carbonyl (C=O) groups excluding carboxylic acids is 1. The van der Waals surface area contributed by atoms with Crippen molar-refractivity contribution in [2.45, 2.75) is 51.1 Å². The molecule has 1 aliphatic heterocycles. The summed E-state index contributed by atoms with van der Waals surface area (Å²) in [5.41, 5.74) is 11.0. The van der Waals surface area contributed by atoms with Crippen LogP contribution in [0.3, 0.4) is 0 Å². The zero-order valence-electron chi connectivity index (χ0n) is 13.0. The van der Waals surface area contributed by atoms with E-state index in [0.717, 1.165) is 58.4 Å². The number of nitrogens with two attached hydrogens (primary N) is 2. The largest absolute Gasteiger partial charge is 0.368 e. The predicted molar refractivity (Wildman–Crippen MR) is 81.2 cm³/mol. The molecular formula is C15H30N4O. The van der Waals surface area contributed by atoms with E-state index in [2.05, 4.69) is 23.6 Å². The Kier molecular flexibility index (Phi) is 5.04. The fourth-order valence-electron chi connectivity index (χ4n) is 3.67. The van der Waals surface area contributed by atoms with E-state index in [1.54, 1.807) is 0 Å². The Hall–Kier alpha value is -0.650. The van der Waals surface area contributed by atoms with Gasteiger partial charge in [-0.2, -0.15) is 0 Å². The average Bonchev–Trinajstić information content (AvgIpc) is 2.79. The highest BCUT2D eigenvalue weighted by atomic mass is 16.1. The van der Waals surface area contributed by atoms with Gasteiger partial charge in [0.1, 0.15) is 0 Å². The Labute approximate surface area is 122 Å². The van der Waals surface area contributed by atoms with Crippen LogP contribution >= 0.6 is 0 Å². The van der Waals surface area contributed by atoms with Crippen LogP contribution in [0.4, 0.5) is 0 Å². The number of primary amides is 1. The minimum atomic E-state index is -0.750. The van der Waals surface area contributed by atoms with E-state index in [1.165, 1.54) is 0 Å². The molecule has 0 bridgehead atoms. The molecule has 0 aromatic heterocycles. The fourth-order valence-corrected chi connectivity index (χ4v) is 3.67. The summed E-state index contributed by atoms with van der Waals surface area (Å²) in [6.45, 7) is 10.1. The Morgan fingerprint density at radius 2 is 1.95 bits per heavy atom. The summed E-state index contributed by atoms with van der Waals surface area (Å²) in [6.07, 6.45) is 3.84. The number of hydrogen-bond acceptors (Lipinski definition) is 4. The van der Waals surface area contributed by atoms with Gasteiger partial charge in [-0.15, -0.1) is 0 Å². The van der Waals surface area contributed by atoms with Crippen molar-refractivity contribution in [3.8, 4) is 0 Å². The lowest BCUT2D eigenvalue weighted by atomic mass is 9.85. The van der Waals surface area contributed by atoms with Gasteiger partial charge in [-0.3, -0.25) is 9.69 Å². The van der Waals surface area contributed by atoms with Crippen molar-refractivity contribution >= 4 is 5.91 Å². The van der Waals surface area contributed by atoms with Crippen LogP contribution < -0.4 is 11.5 Å². The summed E-state index contributed by atoms with van der Waals surface area (Å²) in [6, 6.07) is 0.638. The Morgan fingerprint density at radius 1 is 1.30 bits per heavy atom. The maximum absolute atomic E-state index is 11.6. The molecule has 0 spiro atoms. The predicted octanol–water partition coefficient (Wildman–Crippen LogP) is 0.385. The zero-order chi connectivity index (χ0) is 14.8. The van der Waals surface area contributed by atoms with E-state index >= 15 is 0 Å². The van der Waals surface area contributed by atoms with E-state index in [4.69, 9.17) is 11.5 Å². The smallest absolute Gasteiger partial charge is 0.237 e. The second-order valence-electron chi connectivity index (χ2n) is 6.75. The van der Waals surface area contributed by atoms with Crippen molar-refractivity contribution in [2.24, 2.45) is 17.4 Å². The summed E-state index contributed by atoms with van der Waals surface area (Å²) >= 11 is 0. The third kappa shape index (κ3) is 3.32. The summed E-state index contributed by atoms with van der Waals surface area (Å²) in [5, 5.41) is 0. The Bertz CT molecular complexity index is 339. The van der Waals surface area contributed by atoms with Gasteiger partial charge in [-0.25, -0.2) is 0 Å². The second kappa shape index (κ2) is 6.41. The fraction of sp³-hybridized carbons (Fsp3) is 0.933. The first-order valence-corrected chi connectivity index (χ1v) is 7.98. The molecule has 2 rings (SSSR count). The summed E-state index contributed by atoms with van der Waals surface area (Å²) in [4.78, 5) is 16.6. The molecule has 0 aromatic carbocycles. The molecule has 1 saturated heterocycles. The number of amides is 1. The topological polar surface area (TPSA) is 75.6 Å². The highest BCUT2D eigenvalue weighted by Gasteiger charge is 2.44. The van der Waals surface area contributed by atoms with Gasteiger partial charge in [0.15, 0.2) is 0 Å². The van der Waals surface area contributed by atoms with Gasteiger partial charge in [0.25, 0.3) is 0 Å². The lowest BCUT2D eigenvalue weighted by molar-refractivity contribution is -0.124. The van der Waals surface area contributed by atoms with E-state index in [9.17, 15) is 4.79 Å². The molecular weight excluding hydrogens is 252 g/mol. The van der Waals surface area contributed by atoms with Crippen LogP contribution in [0.2, 0.25) is 0 Å². The van der Waals surface area contributed by atoms with Crippen molar-refractivity contribution < 1.29 is 4.79 Å². The van der Waals surface area contributed by atoms with Crippen molar-refractivity contribution in [3.63, 3.8) is 0 Å². The van der Waals surface area contributed by atoms with Gasteiger partial charge in [0, 0.05) is 32.2 Å². The van der Waals surface area contributed by atoms with Crippen LogP contribution in [-0.2, 0) is 4.79 Å². The molecule has 5 nitrogen and oxygen atoms in total. The van der Waals surface area contributed by atoms with E-state index in [0.29, 0.717) is 6.04 Å².